The zero-order valence-corrected chi connectivity index (χ0v) is 15.5. The van der Waals surface area contributed by atoms with E-state index < -0.39 is 0 Å². The minimum absolute atomic E-state index is 0.169. The van der Waals surface area contributed by atoms with Crippen LogP contribution in [0.3, 0.4) is 0 Å². The van der Waals surface area contributed by atoms with Gasteiger partial charge in [0.15, 0.2) is 17.0 Å². The monoisotopic (exact) mass is 374 g/mol. The normalized spacial score (nSPS) is 22.4. The van der Waals surface area contributed by atoms with Gasteiger partial charge in [0.1, 0.15) is 12.9 Å². The second kappa shape index (κ2) is 5.37. The molecule has 1 fully saturated rings. The van der Waals surface area contributed by atoms with Crippen molar-refractivity contribution in [1.82, 2.24) is 29.2 Å². The first-order chi connectivity index (χ1) is 13.6. The van der Waals surface area contributed by atoms with Crippen molar-refractivity contribution in [3.8, 4) is 0 Å². The smallest absolute Gasteiger partial charge is 0.280 e. The van der Waals surface area contributed by atoms with Crippen LogP contribution >= 0.6 is 0 Å². The maximum Gasteiger partial charge on any atom is 0.280 e. The summed E-state index contributed by atoms with van der Waals surface area (Å²) in [6.45, 7) is 2.34. The summed E-state index contributed by atoms with van der Waals surface area (Å²) < 4.78 is 8.60. The van der Waals surface area contributed by atoms with Crippen molar-refractivity contribution < 1.29 is 4.52 Å². The van der Waals surface area contributed by atoms with Crippen LogP contribution < -0.4 is 5.56 Å². The van der Waals surface area contributed by atoms with Crippen molar-refractivity contribution in [1.29, 1.82) is 0 Å². The predicted molar refractivity (Wildman–Crippen MR) is 100 cm³/mol. The summed E-state index contributed by atoms with van der Waals surface area (Å²) in [7, 11) is 1.78. The lowest BCUT2D eigenvalue weighted by molar-refractivity contribution is 0.364. The minimum Gasteiger partial charge on any atom is -0.337 e. The molecule has 1 aromatic carbocycles. The number of fused-ring (bicyclic) bond motifs is 4. The Morgan fingerprint density at radius 1 is 1.21 bits per heavy atom. The standard InChI is InChI=1S/C20H18N6O2/c1-10-3-4-12-11(5-10)6-13-15(12)16(13)18-23-14(28-24-18)7-26-9-22-19-17(20(26)27)25(2)8-21-19/h3-5,8-9,13,15-16H,6-7H2,1-2H3/t13-,15+,16+/m1/s1. The Labute approximate surface area is 159 Å². The Bertz CT molecular complexity index is 1300. The van der Waals surface area contributed by atoms with Crippen molar-refractivity contribution in [2.45, 2.75) is 31.7 Å². The number of benzene rings is 1. The molecule has 0 unspecified atom stereocenters. The SMILES string of the molecule is Cc1ccc2c(c1)C[C@H]1[C@H](c3noc(Cn4cnc5ncn(C)c5c4=O)n3)[C@@H]21. The highest BCUT2D eigenvalue weighted by Gasteiger charge is 2.58. The molecule has 0 aliphatic heterocycles. The van der Waals surface area contributed by atoms with Crippen LogP contribution in [0.4, 0.5) is 0 Å². The second-order valence-corrected chi connectivity index (χ2v) is 7.87. The number of imidazole rings is 1. The fourth-order valence-electron chi connectivity index (χ4n) is 4.69. The van der Waals surface area contributed by atoms with E-state index in [1.165, 1.54) is 27.6 Å². The summed E-state index contributed by atoms with van der Waals surface area (Å²) in [4.78, 5) is 25.6. The number of hydrogen-bond donors (Lipinski definition) is 0. The fraction of sp³-hybridized carbons (Fsp3) is 0.350. The Hall–Kier alpha value is -3.29. The van der Waals surface area contributed by atoms with Crippen molar-refractivity contribution in [3.63, 3.8) is 0 Å². The fourth-order valence-corrected chi connectivity index (χ4v) is 4.69. The molecule has 0 bridgehead atoms. The van der Waals surface area contributed by atoms with Crippen LogP contribution in [0.5, 0.6) is 0 Å². The van der Waals surface area contributed by atoms with Crippen LogP contribution in [0, 0.1) is 12.8 Å². The van der Waals surface area contributed by atoms with Gasteiger partial charge in [-0.1, -0.05) is 28.9 Å². The van der Waals surface area contributed by atoms with Crippen LogP contribution in [0.15, 0.2) is 40.2 Å². The first kappa shape index (κ1) is 15.7. The first-order valence-electron chi connectivity index (χ1n) is 9.38. The van der Waals surface area contributed by atoms with Crippen molar-refractivity contribution in [2.75, 3.05) is 0 Å². The van der Waals surface area contributed by atoms with Crippen LogP contribution in [0.25, 0.3) is 11.2 Å². The highest BCUT2D eigenvalue weighted by molar-refractivity contribution is 5.68. The molecule has 0 N–H and O–H groups in total. The van der Waals surface area contributed by atoms with E-state index in [4.69, 9.17) is 4.52 Å². The van der Waals surface area contributed by atoms with Gasteiger partial charge in [-0.25, -0.2) is 9.97 Å². The molecule has 1 saturated carbocycles. The van der Waals surface area contributed by atoms with E-state index in [2.05, 4.69) is 45.2 Å². The lowest BCUT2D eigenvalue weighted by Gasteiger charge is -2.06. The van der Waals surface area contributed by atoms with E-state index in [-0.39, 0.29) is 12.1 Å². The highest BCUT2D eigenvalue weighted by Crippen LogP contribution is 2.65. The van der Waals surface area contributed by atoms with Gasteiger partial charge < -0.3 is 9.09 Å². The van der Waals surface area contributed by atoms with Gasteiger partial charge in [-0.2, -0.15) is 4.98 Å². The largest absolute Gasteiger partial charge is 0.337 e. The zero-order valence-electron chi connectivity index (χ0n) is 15.5. The van der Waals surface area contributed by atoms with E-state index in [9.17, 15) is 4.79 Å². The third kappa shape index (κ3) is 2.14. The third-order valence-electron chi connectivity index (χ3n) is 6.07. The first-order valence-corrected chi connectivity index (χ1v) is 9.38. The minimum atomic E-state index is -0.169. The molecular formula is C20H18N6O2. The Kier molecular flexibility index (Phi) is 3.02. The topological polar surface area (TPSA) is 91.6 Å². The van der Waals surface area contributed by atoms with Crippen LogP contribution in [-0.2, 0) is 20.0 Å². The van der Waals surface area contributed by atoms with Gasteiger partial charge in [0.05, 0.1) is 6.33 Å². The average Bonchev–Trinajstić information content (AvgIpc) is 3.04. The molecular weight excluding hydrogens is 356 g/mol. The molecule has 2 aliphatic rings. The lowest BCUT2D eigenvalue weighted by atomic mass is 10.00. The van der Waals surface area contributed by atoms with E-state index in [1.807, 2.05) is 0 Å². The molecule has 0 saturated heterocycles. The van der Waals surface area contributed by atoms with Crippen molar-refractivity contribution in [3.05, 3.63) is 69.6 Å². The molecule has 2 aliphatic carbocycles. The Morgan fingerprint density at radius 3 is 2.96 bits per heavy atom. The van der Waals surface area contributed by atoms with E-state index in [0.29, 0.717) is 34.8 Å². The summed E-state index contributed by atoms with van der Waals surface area (Å²) in [5, 5.41) is 4.21. The van der Waals surface area contributed by atoms with Crippen molar-refractivity contribution in [2.24, 2.45) is 13.0 Å². The molecule has 0 radical (unpaired) electrons. The predicted octanol–water partition coefficient (Wildman–Crippen LogP) is 1.92. The van der Waals surface area contributed by atoms with Crippen LogP contribution in [0.2, 0.25) is 0 Å². The molecule has 3 aromatic heterocycles. The summed E-state index contributed by atoms with van der Waals surface area (Å²) in [5.74, 6) is 2.56. The number of hydrogen-bond acceptors (Lipinski definition) is 6. The molecule has 3 atom stereocenters. The average molecular weight is 374 g/mol. The summed E-state index contributed by atoms with van der Waals surface area (Å²) in [5.41, 5.74) is 4.92. The quantitative estimate of drug-likeness (QED) is 0.544. The summed E-state index contributed by atoms with van der Waals surface area (Å²) in [6.07, 6.45) is 4.14. The second-order valence-electron chi connectivity index (χ2n) is 7.87. The molecule has 0 amide bonds. The number of rotatable bonds is 3. The molecule has 8 nitrogen and oxygen atoms in total. The van der Waals surface area contributed by atoms with E-state index in [1.54, 1.807) is 17.9 Å². The molecule has 0 spiro atoms. The number of aromatic nitrogens is 6. The maximum absolute atomic E-state index is 12.7. The molecule has 8 heteroatoms. The molecule has 3 heterocycles. The van der Waals surface area contributed by atoms with Gasteiger partial charge in [-0.05, 0) is 36.3 Å². The van der Waals surface area contributed by atoms with Crippen LogP contribution in [0.1, 0.15) is 40.2 Å². The van der Waals surface area contributed by atoms with Gasteiger partial charge in [0.2, 0.25) is 5.89 Å². The molecule has 6 rings (SSSR count). The van der Waals surface area contributed by atoms with Crippen LogP contribution in [-0.4, -0.2) is 29.2 Å². The zero-order chi connectivity index (χ0) is 19.0. The Balaban J connectivity index is 1.27. The van der Waals surface area contributed by atoms with Gasteiger partial charge in [0.25, 0.3) is 5.56 Å². The van der Waals surface area contributed by atoms with Gasteiger partial charge >= 0.3 is 0 Å². The maximum atomic E-state index is 12.7. The van der Waals surface area contributed by atoms with Gasteiger partial charge in [0, 0.05) is 13.0 Å². The number of nitrogens with zero attached hydrogens (tertiary/aromatic N) is 6. The summed E-state index contributed by atoms with van der Waals surface area (Å²) in [6, 6.07) is 6.70. The van der Waals surface area contributed by atoms with Crippen molar-refractivity contribution >= 4 is 11.2 Å². The van der Waals surface area contributed by atoms with E-state index in [0.717, 1.165) is 12.2 Å². The molecule has 4 aromatic rings. The molecule has 140 valence electrons. The third-order valence-corrected chi connectivity index (χ3v) is 6.07. The lowest BCUT2D eigenvalue weighted by Crippen LogP contribution is -2.22. The van der Waals surface area contributed by atoms with Gasteiger partial charge in [-0.3, -0.25) is 9.36 Å². The Morgan fingerprint density at radius 2 is 2.07 bits per heavy atom. The van der Waals surface area contributed by atoms with Gasteiger partial charge in [-0.15, -0.1) is 0 Å². The number of aryl methyl sites for hydroxylation is 2. The molecule has 28 heavy (non-hydrogen) atoms. The summed E-state index contributed by atoms with van der Waals surface area (Å²) >= 11 is 0. The highest BCUT2D eigenvalue weighted by atomic mass is 16.5. The van der Waals surface area contributed by atoms with E-state index >= 15 is 0 Å².